The van der Waals surface area contributed by atoms with Crippen molar-refractivity contribution in [2.24, 2.45) is 0 Å². The summed E-state index contributed by atoms with van der Waals surface area (Å²) >= 11 is 3.31. The molecule has 0 saturated heterocycles. The van der Waals surface area contributed by atoms with Gasteiger partial charge in [-0.2, -0.15) is 0 Å². The first-order valence-corrected chi connectivity index (χ1v) is 8.59. The molecule has 3 rings (SSSR count). The first-order chi connectivity index (χ1) is 10.6. The summed E-state index contributed by atoms with van der Waals surface area (Å²) in [4.78, 5) is 20.8. The maximum Gasteiger partial charge on any atom is 0.246 e. The largest absolute Gasteiger partial charge is 0.335 e. The van der Waals surface area contributed by atoms with Crippen LogP contribution in [0.25, 0.3) is 16.3 Å². The zero-order chi connectivity index (χ0) is 15.5. The summed E-state index contributed by atoms with van der Waals surface area (Å²) in [5.41, 5.74) is 0.993. The average molecular weight is 328 g/mol. The number of aryl methyl sites for hydroxylation is 1. The van der Waals surface area contributed by atoms with Gasteiger partial charge in [0.1, 0.15) is 5.01 Å². The highest BCUT2D eigenvalue weighted by Crippen LogP contribution is 2.22. The fraction of sp³-hybridized carbons (Fsp3) is 0.176. The van der Waals surface area contributed by atoms with Crippen LogP contribution in [0.3, 0.4) is 0 Å². The lowest BCUT2D eigenvalue weighted by Gasteiger charge is -2.12. The first-order valence-electron chi connectivity index (χ1n) is 6.96. The van der Waals surface area contributed by atoms with Crippen molar-refractivity contribution in [2.45, 2.75) is 13.5 Å². The smallest absolute Gasteiger partial charge is 0.246 e. The van der Waals surface area contributed by atoms with Crippen molar-refractivity contribution >= 4 is 44.9 Å². The van der Waals surface area contributed by atoms with Crippen LogP contribution in [0.5, 0.6) is 0 Å². The third-order valence-electron chi connectivity index (χ3n) is 3.24. The van der Waals surface area contributed by atoms with Crippen molar-refractivity contribution in [1.82, 2.24) is 9.88 Å². The summed E-state index contributed by atoms with van der Waals surface area (Å²) in [6.45, 7) is 2.59. The Kier molecular flexibility index (Phi) is 4.36. The molecule has 0 bridgehead atoms. The molecule has 0 saturated carbocycles. The van der Waals surface area contributed by atoms with E-state index in [2.05, 4.69) is 24.0 Å². The number of carbonyl (C=O) groups excluding carboxylic acids is 1. The van der Waals surface area contributed by atoms with E-state index in [1.807, 2.05) is 30.3 Å². The number of nitrogens with zero attached hydrogens (tertiary/aromatic N) is 2. The zero-order valence-corrected chi connectivity index (χ0v) is 14.1. The molecule has 0 radical (unpaired) electrons. The normalized spacial score (nSPS) is 11.4. The molecule has 2 heterocycles. The molecule has 2 aromatic heterocycles. The Morgan fingerprint density at radius 3 is 2.77 bits per heavy atom. The molecular weight excluding hydrogens is 312 g/mol. The summed E-state index contributed by atoms with van der Waals surface area (Å²) in [6.07, 6.45) is 3.49. The predicted molar refractivity (Wildman–Crippen MR) is 94.2 cm³/mol. The summed E-state index contributed by atoms with van der Waals surface area (Å²) in [5, 5.41) is 0.956. The molecule has 0 N–H and O–H groups in total. The number of carbonyl (C=O) groups is 1. The topological polar surface area (TPSA) is 33.2 Å². The van der Waals surface area contributed by atoms with Crippen molar-refractivity contribution in [3.63, 3.8) is 0 Å². The Morgan fingerprint density at radius 1 is 1.23 bits per heavy atom. The van der Waals surface area contributed by atoms with Gasteiger partial charge < -0.3 is 4.90 Å². The van der Waals surface area contributed by atoms with Crippen molar-refractivity contribution in [2.75, 3.05) is 7.05 Å². The molecule has 0 aliphatic carbocycles. The molecule has 112 valence electrons. The van der Waals surface area contributed by atoms with Crippen LogP contribution in [0.4, 0.5) is 0 Å². The highest BCUT2D eigenvalue weighted by Gasteiger charge is 2.09. The quantitative estimate of drug-likeness (QED) is 0.668. The number of thiazole rings is 1. The number of likely N-dealkylation sites (N-methyl/N-ethyl adjacent to an activating group) is 1. The molecule has 0 aliphatic rings. The van der Waals surface area contributed by atoms with Gasteiger partial charge in [0.15, 0.2) is 0 Å². The number of hydrogen-bond acceptors (Lipinski definition) is 4. The Morgan fingerprint density at radius 2 is 2.05 bits per heavy atom. The van der Waals surface area contributed by atoms with E-state index >= 15 is 0 Å². The van der Waals surface area contributed by atoms with Gasteiger partial charge in [-0.05, 0) is 37.3 Å². The van der Waals surface area contributed by atoms with E-state index in [0.29, 0.717) is 6.54 Å². The standard InChI is InChI=1S/C17H16N2OS2/c1-12-7-8-13(21-12)9-10-17(20)19(2)11-16-18-14-5-3-4-6-15(14)22-16/h3-10H,11H2,1-2H3. The number of hydrogen-bond donors (Lipinski definition) is 0. The number of benzene rings is 1. The van der Waals surface area contributed by atoms with Crippen LogP contribution in [-0.2, 0) is 11.3 Å². The number of aromatic nitrogens is 1. The van der Waals surface area contributed by atoms with Crippen LogP contribution in [0.2, 0.25) is 0 Å². The predicted octanol–water partition coefficient (Wildman–Crippen LogP) is 4.34. The van der Waals surface area contributed by atoms with Crippen LogP contribution in [0.15, 0.2) is 42.5 Å². The third kappa shape index (κ3) is 3.43. The summed E-state index contributed by atoms with van der Waals surface area (Å²) in [7, 11) is 1.80. The maximum absolute atomic E-state index is 12.2. The van der Waals surface area contributed by atoms with E-state index in [4.69, 9.17) is 0 Å². The van der Waals surface area contributed by atoms with Gasteiger partial charge in [0.2, 0.25) is 5.91 Å². The van der Waals surface area contributed by atoms with Gasteiger partial charge in [-0.15, -0.1) is 22.7 Å². The molecule has 0 aliphatic heterocycles. The Bertz CT molecular complexity index is 799. The molecule has 0 unspecified atom stereocenters. The second-order valence-electron chi connectivity index (χ2n) is 5.05. The molecular formula is C17H16N2OS2. The average Bonchev–Trinajstić information content (AvgIpc) is 3.09. The van der Waals surface area contributed by atoms with Gasteiger partial charge in [0.25, 0.3) is 0 Å². The van der Waals surface area contributed by atoms with Gasteiger partial charge >= 0.3 is 0 Å². The van der Waals surface area contributed by atoms with E-state index in [1.54, 1.807) is 40.7 Å². The zero-order valence-electron chi connectivity index (χ0n) is 12.4. The number of thiophene rings is 1. The number of amides is 1. The van der Waals surface area contributed by atoms with Crippen LogP contribution < -0.4 is 0 Å². The van der Waals surface area contributed by atoms with Crippen LogP contribution in [0, 0.1) is 6.92 Å². The molecule has 1 aromatic carbocycles. The Hall–Kier alpha value is -1.98. The van der Waals surface area contributed by atoms with E-state index < -0.39 is 0 Å². The highest BCUT2D eigenvalue weighted by atomic mass is 32.1. The molecule has 22 heavy (non-hydrogen) atoms. The molecule has 0 fully saturated rings. The van der Waals surface area contributed by atoms with E-state index in [1.165, 1.54) is 4.88 Å². The van der Waals surface area contributed by atoms with Crippen LogP contribution >= 0.6 is 22.7 Å². The number of fused-ring (bicyclic) bond motifs is 1. The monoisotopic (exact) mass is 328 g/mol. The molecule has 0 spiro atoms. The van der Waals surface area contributed by atoms with Crippen molar-refractivity contribution in [1.29, 1.82) is 0 Å². The fourth-order valence-electron chi connectivity index (χ4n) is 2.09. The van der Waals surface area contributed by atoms with Gasteiger partial charge in [-0.3, -0.25) is 4.79 Å². The molecule has 0 atom stereocenters. The van der Waals surface area contributed by atoms with E-state index in [0.717, 1.165) is 20.1 Å². The Balaban J connectivity index is 1.66. The summed E-state index contributed by atoms with van der Waals surface area (Å²) in [5.74, 6) is -0.00897. The summed E-state index contributed by atoms with van der Waals surface area (Å²) in [6, 6.07) is 12.1. The highest BCUT2D eigenvalue weighted by molar-refractivity contribution is 7.18. The van der Waals surface area contributed by atoms with Crippen molar-refractivity contribution in [3.05, 3.63) is 57.2 Å². The second-order valence-corrected chi connectivity index (χ2v) is 7.49. The number of rotatable bonds is 4. The van der Waals surface area contributed by atoms with Gasteiger partial charge in [-0.25, -0.2) is 4.98 Å². The first kappa shape index (κ1) is 14.9. The van der Waals surface area contributed by atoms with Crippen molar-refractivity contribution < 1.29 is 4.79 Å². The summed E-state index contributed by atoms with van der Waals surface area (Å²) < 4.78 is 1.16. The maximum atomic E-state index is 12.2. The molecule has 1 amide bonds. The van der Waals surface area contributed by atoms with Crippen molar-refractivity contribution in [3.8, 4) is 0 Å². The minimum atomic E-state index is -0.00897. The Labute approximate surface area is 137 Å². The molecule has 3 nitrogen and oxygen atoms in total. The van der Waals surface area contributed by atoms with Gasteiger partial charge in [0, 0.05) is 22.9 Å². The lowest BCUT2D eigenvalue weighted by Crippen LogP contribution is -2.23. The van der Waals surface area contributed by atoms with Crippen LogP contribution in [-0.4, -0.2) is 22.8 Å². The lowest BCUT2D eigenvalue weighted by molar-refractivity contribution is -0.125. The minimum Gasteiger partial charge on any atom is -0.335 e. The van der Waals surface area contributed by atoms with Gasteiger partial charge in [-0.1, -0.05) is 12.1 Å². The van der Waals surface area contributed by atoms with E-state index in [-0.39, 0.29) is 5.91 Å². The minimum absolute atomic E-state index is 0.00897. The fourth-order valence-corrected chi connectivity index (χ4v) is 3.89. The SMILES string of the molecule is Cc1ccc(C=CC(=O)N(C)Cc2nc3ccccc3s2)s1. The lowest BCUT2D eigenvalue weighted by atomic mass is 10.3. The number of para-hydroxylation sites is 1. The third-order valence-corrected chi connectivity index (χ3v) is 5.23. The van der Waals surface area contributed by atoms with Gasteiger partial charge in [0.05, 0.1) is 16.8 Å². The second kappa shape index (κ2) is 6.42. The molecule has 5 heteroatoms. The molecule has 3 aromatic rings. The van der Waals surface area contributed by atoms with E-state index in [9.17, 15) is 4.79 Å². The van der Waals surface area contributed by atoms with Crippen LogP contribution in [0.1, 0.15) is 14.8 Å².